The summed E-state index contributed by atoms with van der Waals surface area (Å²) in [4.78, 5) is 0. The fourth-order valence-electron chi connectivity index (χ4n) is 7.04. The highest BCUT2D eigenvalue weighted by Crippen LogP contribution is 2.41. The summed E-state index contributed by atoms with van der Waals surface area (Å²) in [6, 6.07) is 5.20. The van der Waals surface area contributed by atoms with Crippen molar-refractivity contribution in [2.45, 2.75) is 122 Å². The van der Waals surface area contributed by atoms with Crippen LogP contribution in [0.2, 0.25) is 5.02 Å². The molecule has 0 heterocycles. The Balaban J connectivity index is 1.20. The van der Waals surface area contributed by atoms with Crippen LogP contribution in [0.4, 0.5) is 17.6 Å². The lowest BCUT2D eigenvalue weighted by Crippen LogP contribution is -2.18. The third kappa shape index (κ3) is 8.72. The van der Waals surface area contributed by atoms with Crippen LogP contribution in [0.1, 0.15) is 126 Å². The van der Waals surface area contributed by atoms with Gasteiger partial charge in [-0.2, -0.15) is 0 Å². The molecular weight excluding hydrogens is 520 g/mol. The molecule has 5 heteroatoms. The van der Waals surface area contributed by atoms with Crippen molar-refractivity contribution in [3.63, 3.8) is 0 Å². The average molecular weight is 565 g/mol. The van der Waals surface area contributed by atoms with Gasteiger partial charge in [0.2, 0.25) is 0 Å². The molecule has 2 aliphatic rings. The molecule has 2 fully saturated rings. The first-order valence-electron chi connectivity index (χ1n) is 15.4. The third-order valence-corrected chi connectivity index (χ3v) is 9.97. The minimum atomic E-state index is -0.862. The van der Waals surface area contributed by atoms with E-state index in [0.29, 0.717) is 5.56 Å². The van der Waals surface area contributed by atoms with Crippen molar-refractivity contribution < 1.29 is 17.6 Å². The Bertz CT molecular complexity index is 1010. The summed E-state index contributed by atoms with van der Waals surface area (Å²) >= 11 is 5.53. The number of unbranched alkanes of at least 4 members (excludes halogenated alkanes) is 3. The Labute approximate surface area is 237 Å². The average Bonchev–Trinajstić information content (AvgIpc) is 2.93. The van der Waals surface area contributed by atoms with E-state index in [0.717, 1.165) is 61.1 Å². The lowest BCUT2D eigenvalue weighted by atomic mass is 9.74. The maximum Gasteiger partial charge on any atom is 0.145 e. The molecule has 0 radical (unpaired) electrons. The summed E-state index contributed by atoms with van der Waals surface area (Å²) in [7, 11) is 0. The lowest BCUT2D eigenvalue weighted by molar-refractivity contribution is 0.222. The molecule has 216 valence electrons. The van der Waals surface area contributed by atoms with Crippen LogP contribution in [-0.4, -0.2) is 0 Å². The molecule has 0 atom stereocenters. The van der Waals surface area contributed by atoms with Crippen LogP contribution in [0.15, 0.2) is 24.3 Å². The smallest absolute Gasteiger partial charge is 0.145 e. The fourth-order valence-corrected chi connectivity index (χ4v) is 7.15. The van der Waals surface area contributed by atoms with E-state index >= 15 is 0 Å². The minimum absolute atomic E-state index is 0.0288. The molecular formula is C34H45ClF4. The van der Waals surface area contributed by atoms with Gasteiger partial charge < -0.3 is 0 Å². The second-order valence-corrected chi connectivity index (χ2v) is 12.7. The zero-order valence-electron chi connectivity index (χ0n) is 23.5. The van der Waals surface area contributed by atoms with Gasteiger partial charge in [-0.15, -0.1) is 0 Å². The highest BCUT2D eigenvalue weighted by atomic mass is 35.5. The molecule has 0 spiro atoms. The Morgan fingerprint density at radius 2 is 1.13 bits per heavy atom. The van der Waals surface area contributed by atoms with Crippen molar-refractivity contribution in [3.8, 4) is 0 Å². The van der Waals surface area contributed by atoms with Crippen molar-refractivity contribution in [1.29, 1.82) is 0 Å². The first kappa shape index (κ1) is 30.4. The summed E-state index contributed by atoms with van der Waals surface area (Å²) in [5.74, 6) is -0.0661. The van der Waals surface area contributed by atoms with Gasteiger partial charge >= 0.3 is 0 Å². The number of aryl methyl sites for hydroxylation is 1. The molecule has 0 bridgehead atoms. The number of hydrogen-bond donors (Lipinski definition) is 0. The Kier molecular flexibility index (Phi) is 11.6. The van der Waals surface area contributed by atoms with Crippen molar-refractivity contribution in [3.05, 3.63) is 69.2 Å². The number of benzene rings is 2. The summed E-state index contributed by atoms with van der Waals surface area (Å²) in [6.07, 6.45) is 19.6. The van der Waals surface area contributed by atoms with E-state index < -0.39 is 28.3 Å². The van der Waals surface area contributed by atoms with Crippen molar-refractivity contribution in [2.24, 2.45) is 17.8 Å². The van der Waals surface area contributed by atoms with Crippen LogP contribution in [0.3, 0.4) is 0 Å². The molecule has 4 rings (SSSR count). The van der Waals surface area contributed by atoms with Gasteiger partial charge in [-0.05, 0) is 97.6 Å². The number of halogens is 5. The van der Waals surface area contributed by atoms with Crippen LogP contribution in [0, 0.1) is 41.0 Å². The van der Waals surface area contributed by atoms with Gasteiger partial charge in [0, 0.05) is 5.56 Å². The van der Waals surface area contributed by atoms with Crippen molar-refractivity contribution in [2.75, 3.05) is 0 Å². The van der Waals surface area contributed by atoms with E-state index in [9.17, 15) is 17.6 Å². The number of rotatable bonds is 12. The van der Waals surface area contributed by atoms with E-state index in [1.807, 2.05) is 0 Å². The van der Waals surface area contributed by atoms with Gasteiger partial charge in [0.15, 0.2) is 0 Å². The molecule has 39 heavy (non-hydrogen) atoms. The Morgan fingerprint density at radius 3 is 1.67 bits per heavy atom. The van der Waals surface area contributed by atoms with Crippen LogP contribution >= 0.6 is 11.6 Å². The monoisotopic (exact) mass is 564 g/mol. The first-order valence-corrected chi connectivity index (χ1v) is 15.8. The molecule has 2 saturated carbocycles. The molecule has 2 aromatic carbocycles. The number of hydrogen-bond acceptors (Lipinski definition) is 0. The van der Waals surface area contributed by atoms with Crippen molar-refractivity contribution in [1.82, 2.24) is 0 Å². The Morgan fingerprint density at radius 1 is 0.615 bits per heavy atom. The second kappa shape index (κ2) is 14.9. The van der Waals surface area contributed by atoms with Crippen LogP contribution in [0.25, 0.3) is 0 Å². The highest BCUT2D eigenvalue weighted by molar-refractivity contribution is 6.30. The van der Waals surface area contributed by atoms with E-state index in [-0.39, 0.29) is 24.3 Å². The van der Waals surface area contributed by atoms with E-state index in [2.05, 4.69) is 6.92 Å². The van der Waals surface area contributed by atoms with Crippen LogP contribution in [-0.2, 0) is 12.8 Å². The maximum absolute atomic E-state index is 14.9. The van der Waals surface area contributed by atoms with Crippen LogP contribution in [0.5, 0.6) is 0 Å². The summed E-state index contributed by atoms with van der Waals surface area (Å²) in [5.41, 5.74) is 1.04. The molecule has 0 aromatic heterocycles. The molecule has 0 nitrogen and oxygen atoms in total. The SMILES string of the molecule is CCCCCC[C@H]1CC[C@H](CCC2CCC(c3cc(F)c(CCc4cc(F)c(Cl)c(F)c4)c(F)c3)CC2)CC1. The standard InChI is InChI=1S/C34H45ClF4/c1-2-3-4-5-6-23-7-9-24(10-8-23)11-12-25-13-16-27(17-14-25)28-21-30(36)29(31(37)22-28)18-15-26-19-32(38)34(35)33(39)20-26/h19-25,27H,2-18H2,1H3/t23-,24-,25?,27?. The van der Waals surface area contributed by atoms with Gasteiger partial charge in [0.05, 0.1) is 0 Å². The van der Waals surface area contributed by atoms with Gasteiger partial charge in [0.1, 0.15) is 28.3 Å². The zero-order chi connectivity index (χ0) is 27.8. The summed E-state index contributed by atoms with van der Waals surface area (Å²) in [5, 5.41) is -0.564. The predicted molar refractivity (Wildman–Crippen MR) is 153 cm³/mol. The first-order chi connectivity index (χ1) is 18.8. The van der Waals surface area contributed by atoms with Gasteiger partial charge in [-0.1, -0.05) is 89.2 Å². The molecule has 0 aliphatic heterocycles. The lowest BCUT2D eigenvalue weighted by Gasteiger charge is -2.32. The van der Waals surface area contributed by atoms with E-state index in [1.54, 1.807) is 0 Å². The minimum Gasteiger partial charge on any atom is -0.207 e. The van der Waals surface area contributed by atoms with E-state index in [4.69, 9.17) is 11.6 Å². The largest absolute Gasteiger partial charge is 0.207 e. The van der Waals surface area contributed by atoms with Crippen LogP contribution < -0.4 is 0 Å². The molecule has 0 N–H and O–H groups in total. The van der Waals surface area contributed by atoms with Crippen molar-refractivity contribution >= 4 is 11.6 Å². The third-order valence-electron chi connectivity index (χ3n) is 9.60. The Hall–Kier alpha value is -1.55. The normalized spacial score (nSPS) is 23.7. The second-order valence-electron chi connectivity index (χ2n) is 12.4. The van der Waals surface area contributed by atoms with E-state index in [1.165, 1.54) is 82.8 Å². The molecule has 0 amide bonds. The molecule has 0 unspecified atom stereocenters. The van der Waals surface area contributed by atoms with Gasteiger partial charge in [-0.25, -0.2) is 17.6 Å². The fraction of sp³-hybridized carbons (Fsp3) is 0.647. The van der Waals surface area contributed by atoms with Gasteiger partial charge in [0.25, 0.3) is 0 Å². The van der Waals surface area contributed by atoms with Gasteiger partial charge in [-0.3, -0.25) is 0 Å². The molecule has 0 saturated heterocycles. The summed E-state index contributed by atoms with van der Waals surface area (Å²) < 4.78 is 57.2. The maximum atomic E-state index is 14.9. The topological polar surface area (TPSA) is 0 Å². The molecule has 2 aromatic rings. The predicted octanol–water partition coefficient (Wildman–Crippen LogP) is 11.5. The zero-order valence-corrected chi connectivity index (χ0v) is 24.3. The molecule has 2 aliphatic carbocycles. The highest BCUT2D eigenvalue weighted by Gasteiger charge is 2.26. The summed E-state index contributed by atoms with van der Waals surface area (Å²) in [6.45, 7) is 2.28. The quantitative estimate of drug-likeness (QED) is 0.137.